The van der Waals surface area contributed by atoms with Crippen molar-refractivity contribution in [2.24, 2.45) is 5.16 Å². The van der Waals surface area contributed by atoms with E-state index in [1.54, 1.807) is 13.0 Å². The highest BCUT2D eigenvalue weighted by molar-refractivity contribution is 6.45. The van der Waals surface area contributed by atoms with E-state index in [4.69, 9.17) is 10.8 Å². The van der Waals surface area contributed by atoms with Crippen molar-refractivity contribution in [1.82, 2.24) is 5.32 Å². The van der Waals surface area contributed by atoms with E-state index >= 15 is 0 Å². The van der Waals surface area contributed by atoms with Crippen LogP contribution in [0.5, 0.6) is 0 Å². The van der Waals surface area contributed by atoms with Crippen LogP contribution in [0.1, 0.15) is 21.5 Å². The fourth-order valence-corrected chi connectivity index (χ4v) is 1.55. The third kappa shape index (κ3) is 3.01. The van der Waals surface area contributed by atoms with Crippen molar-refractivity contribution in [2.75, 3.05) is 19.9 Å². The summed E-state index contributed by atoms with van der Waals surface area (Å²) in [5.41, 5.74) is 6.61. The molecule has 0 aliphatic rings. The molecule has 0 saturated heterocycles. The van der Waals surface area contributed by atoms with Crippen molar-refractivity contribution in [3.63, 3.8) is 0 Å². The molecule has 102 valence electrons. The van der Waals surface area contributed by atoms with Gasteiger partial charge in [0.25, 0.3) is 5.91 Å². The van der Waals surface area contributed by atoms with Crippen molar-refractivity contribution in [2.45, 2.75) is 6.92 Å². The summed E-state index contributed by atoms with van der Waals surface area (Å²) < 4.78 is 0. The van der Waals surface area contributed by atoms with Gasteiger partial charge in [0.2, 0.25) is 0 Å². The minimum Gasteiger partial charge on any atom is -0.478 e. The maximum Gasteiger partial charge on any atom is 0.337 e. The first-order valence-corrected chi connectivity index (χ1v) is 5.39. The van der Waals surface area contributed by atoms with Crippen LogP contribution in [0.25, 0.3) is 0 Å². The summed E-state index contributed by atoms with van der Waals surface area (Å²) in [5.74, 6) is -1.65. The van der Waals surface area contributed by atoms with Crippen LogP contribution in [0.15, 0.2) is 17.3 Å². The number of aryl methyl sites for hydroxylation is 1. The third-order valence-corrected chi connectivity index (χ3v) is 2.52. The number of benzene rings is 1. The van der Waals surface area contributed by atoms with Crippen molar-refractivity contribution in [3.8, 4) is 0 Å². The monoisotopic (exact) mass is 265 g/mol. The summed E-state index contributed by atoms with van der Waals surface area (Å²) in [4.78, 5) is 27.4. The van der Waals surface area contributed by atoms with Gasteiger partial charge in [0.15, 0.2) is 5.71 Å². The van der Waals surface area contributed by atoms with E-state index in [1.807, 2.05) is 0 Å². The highest BCUT2D eigenvalue weighted by Crippen LogP contribution is 2.20. The molecular weight excluding hydrogens is 250 g/mol. The number of nitrogens with zero attached hydrogens (tertiary/aromatic N) is 1. The molecule has 0 aromatic heterocycles. The summed E-state index contributed by atoms with van der Waals surface area (Å²) in [6.45, 7) is 1.65. The molecule has 0 unspecified atom stereocenters. The maximum atomic E-state index is 11.7. The number of carboxylic acid groups (broad SMARTS) is 1. The van der Waals surface area contributed by atoms with Crippen LogP contribution in [0.4, 0.5) is 5.69 Å². The van der Waals surface area contributed by atoms with Crippen molar-refractivity contribution in [3.05, 3.63) is 28.8 Å². The number of carbonyl (C=O) groups excluding carboxylic acids is 1. The van der Waals surface area contributed by atoms with Crippen LogP contribution >= 0.6 is 0 Å². The van der Waals surface area contributed by atoms with E-state index in [-0.39, 0.29) is 17.0 Å². The van der Waals surface area contributed by atoms with Crippen molar-refractivity contribution in [1.29, 1.82) is 0 Å². The minimum atomic E-state index is -1.17. The molecule has 4 N–H and O–H groups in total. The molecule has 1 aromatic carbocycles. The Morgan fingerprint density at radius 1 is 1.42 bits per heavy atom. The number of nitrogens with one attached hydrogen (secondary N) is 1. The number of nitrogens with two attached hydrogens (primary N) is 1. The van der Waals surface area contributed by atoms with Gasteiger partial charge in [-0.05, 0) is 24.6 Å². The first-order chi connectivity index (χ1) is 8.92. The fourth-order valence-electron chi connectivity index (χ4n) is 1.55. The third-order valence-electron chi connectivity index (χ3n) is 2.52. The zero-order chi connectivity index (χ0) is 14.6. The van der Waals surface area contributed by atoms with Gasteiger partial charge < -0.3 is 21.0 Å². The molecule has 0 heterocycles. The van der Waals surface area contributed by atoms with Crippen molar-refractivity contribution < 1.29 is 19.5 Å². The Hall–Kier alpha value is -2.57. The number of aromatic carboxylic acids is 1. The first kappa shape index (κ1) is 14.5. The molecule has 0 aliphatic carbocycles. The smallest absolute Gasteiger partial charge is 0.337 e. The van der Waals surface area contributed by atoms with Gasteiger partial charge in [-0.2, -0.15) is 0 Å². The van der Waals surface area contributed by atoms with Gasteiger partial charge in [-0.15, -0.1) is 0 Å². The van der Waals surface area contributed by atoms with Crippen LogP contribution in [-0.2, 0) is 9.63 Å². The lowest BCUT2D eigenvalue weighted by Crippen LogP contribution is -2.29. The van der Waals surface area contributed by atoms with E-state index in [0.29, 0.717) is 11.1 Å². The molecule has 7 heteroatoms. The molecule has 0 spiro atoms. The van der Waals surface area contributed by atoms with E-state index in [0.717, 1.165) is 0 Å². The minimum absolute atomic E-state index is 0.0180. The van der Waals surface area contributed by atoms with Gasteiger partial charge in [-0.3, -0.25) is 4.79 Å². The SMILES string of the molecule is CNC(=O)C(=NOC)c1cc(C)c(N)c(C(=O)O)c1. The van der Waals surface area contributed by atoms with E-state index in [9.17, 15) is 9.59 Å². The Morgan fingerprint density at radius 2 is 2.05 bits per heavy atom. The highest BCUT2D eigenvalue weighted by atomic mass is 16.6. The predicted octanol–water partition coefficient (Wildman–Crippen LogP) is 0.372. The Balaban J connectivity index is 3.45. The van der Waals surface area contributed by atoms with Gasteiger partial charge >= 0.3 is 5.97 Å². The first-order valence-electron chi connectivity index (χ1n) is 5.39. The normalized spacial score (nSPS) is 11.0. The number of hydrogen-bond donors (Lipinski definition) is 3. The van der Waals surface area contributed by atoms with Gasteiger partial charge in [-0.1, -0.05) is 5.16 Å². The Morgan fingerprint density at radius 3 is 2.53 bits per heavy atom. The summed E-state index contributed by atoms with van der Waals surface area (Å²) >= 11 is 0. The van der Waals surface area contributed by atoms with Crippen molar-refractivity contribution >= 4 is 23.3 Å². The molecular formula is C12H15N3O4. The molecule has 0 atom stereocenters. The van der Waals surface area contributed by atoms with E-state index in [2.05, 4.69) is 15.3 Å². The summed E-state index contributed by atoms with van der Waals surface area (Å²) in [5, 5.41) is 15.1. The number of oxime groups is 1. The molecule has 0 fully saturated rings. The zero-order valence-electron chi connectivity index (χ0n) is 10.9. The standard InChI is InChI=1S/C12H15N3O4/c1-6-4-7(5-8(9(6)13)12(17)18)10(15-19-3)11(16)14-2/h4-5H,13H2,1-3H3,(H,14,16)(H,17,18). The molecule has 0 aliphatic heterocycles. The number of likely N-dealkylation sites (N-methyl/N-ethyl adjacent to an activating group) is 1. The van der Waals surface area contributed by atoms with Crippen LogP contribution < -0.4 is 11.1 Å². The Labute approximate surface area is 110 Å². The number of hydrogen-bond acceptors (Lipinski definition) is 5. The number of carboxylic acids is 1. The zero-order valence-corrected chi connectivity index (χ0v) is 10.9. The fraction of sp³-hybridized carbons (Fsp3) is 0.250. The number of anilines is 1. The second-order valence-corrected chi connectivity index (χ2v) is 3.76. The van der Waals surface area contributed by atoms with Gasteiger partial charge in [-0.25, -0.2) is 4.79 Å². The Bertz CT molecular complexity index is 552. The maximum absolute atomic E-state index is 11.7. The van der Waals surface area contributed by atoms with Crippen LogP contribution in [0.2, 0.25) is 0 Å². The van der Waals surface area contributed by atoms with Gasteiger partial charge in [0.1, 0.15) is 7.11 Å². The molecule has 0 saturated carbocycles. The molecule has 7 nitrogen and oxygen atoms in total. The lowest BCUT2D eigenvalue weighted by molar-refractivity contribution is -0.114. The number of nitrogen functional groups attached to an aromatic ring is 1. The molecule has 0 radical (unpaired) electrons. The average Bonchev–Trinajstić information content (AvgIpc) is 2.37. The Kier molecular flexibility index (Phi) is 4.46. The second kappa shape index (κ2) is 5.85. The second-order valence-electron chi connectivity index (χ2n) is 3.76. The molecule has 19 heavy (non-hydrogen) atoms. The number of rotatable bonds is 4. The highest BCUT2D eigenvalue weighted by Gasteiger charge is 2.19. The van der Waals surface area contributed by atoms with Crippen LogP contribution in [0, 0.1) is 6.92 Å². The molecule has 0 bridgehead atoms. The van der Waals surface area contributed by atoms with Gasteiger partial charge in [0.05, 0.1) is 5.56 Å². The average molecular weight is 265 g/mol. The predicted molar refractivity (Wildman–Crippen MR) is 70.2 cm³/mol. The lowest BCUT2D eigenvalue weighted by Gasteiger charge is -2.10. The number of carbonyl (C=O) groups is 2. The molecule has 1 amide bonds. The van der Waals surface area contributed by atoms with E-state index in [1.165, 1.54) is 20.2 Å². The lowest BCUT2D eigenvalue weighted by atomic mass is 10.0. The summed E-state index contributed by atoms with van der Waals surface area (Å²) in [6, 6.07) is 2.87. The largest absolute Gasteiger partial charge is 0.478 e. The van der Waals surface area contributed by atoms with E-state index < -0.39 is 11.9 Å². The topological polar surface area (TPSA) is 114 Å². The van der Waals surface area contributed by atoms with Gasteiger partial charge in [0, 0.05) is 18.3 Å². The van der Waals surface area contributed by atoms with Crippen LogP contribution in [-0.4, -0.2) is 36.9 Å². The molecule has 1 rings (SSSR count). The summed E-state index contributed by atoms with van der Waals surface area (Å²) in [6.07, 6.45) is 0. The quantitative estimate of drug-likeness (QED) is 0.413. The molecule has 1 aromatic rings. The summed E-state index contributed by atoms with van der Waals surface area (Å²) in [7, 11) is 2.74. The van der Waals surface area contributed by atoms with Crippen LogP contribution in [0.3, 0.4) is 0 Å². The number of amides is 1.